The minimum absolute atomic E-state index is 0.127. The zero-order valence-electron chi connectivity index (χ0n) is 16.8. The van der Waals surface area contributed by atoms with E-state index in [0.717, 1.165) is 12.8 Å². The Balaban J connectivity index is 1.54. The number of anilines is 1. The number of hydrogen-bond acceptors (Lipinski definition) is 6. The van der Waals surface area contributed by atoms with Gasteiger partial charge in [-0.1, -0.05) is 0 Å². The van der Waals surface area contributed by atoms with E-state index in [4.69, 9.17) is 14.2 Å². The van der Waals surface area contributed by atoms with E-state index in [1.54, 1.807) is 18.2 Å². The molecule has 1 fully saturated rings. The quantitative estimate of drug-likeness (QED) is 0.736. The second-order valence-electron chi connectivity index (χ2n) is 7.14. The van der Waals surface area contributed by atoms with Gasteiger partial charge in [0.05, 0.1) is 43.7 Å². The summed E-state index contributed by atoms with van der Waals surface area (Å²) in [6, 6.07) is 9.53. The highest BCUT2D eigenvalue weighted by atomic mass is 16.5. The van der Waals surface area contributed by atoms with Crippen LogP contribution in [0.3, 0.4) is 0 Å². The fraction of sp³-hybridized carbons (Fsp3) is 0.318. The Morgan fingerprint density at radius 3 is 2.60 bits per heavy atom. The Hall–Kier alpha value is -3.39. The minimum atomic E-state index is -0.418. The van der Waals surface area contributed by atoms with Gasteiger partial charge in [-0.15, -0.1) is 0 Å². The van der Waals surface area contributed by atoms with E-state index in [0.29, 0.717) is 29.4 Å². The monoisotopic (exact) mass is 410 g/mol. The molecular formula is C22H22N2O6. The van der Waals surface area contributed by atoms with E-state index in [1.165, 1.54) is 37.3 Å². The molecule has 1 N–H and O–H groups in total. The number of benzene rings is 2. The molecule has 1 saturated heterocycles. The van der Waals surface area contributed by atoms with Crippen LogP contribution in [0.1, 0.15) is 43.9 Å². The number of carbonyl (C=O) groups excluding carboxylic acids is 3. The molecule has 30 heavy (non-hydrogen) atoms. The lowest BCUT2D eigenvalue weighted by molar-refractivity contribution is 0.0475. The van der Waals surface area contributed by atoms with Gasteiger partial charge in [-0.05, 0) is 43.2 Å². The lowest BCUT2D eigenvalue weighted by Crippen LogP contribution is -2.36. The van der Waals surface area contributed by atoms with Gasteiger partial charge in [0.25, 0.3) is 17.7 Å². The normalized spacial score (nSPS) is 17.8. The molecule has 0 aromatic heterocycles. The fourth-order valence-electron chi connectivity index (χ4n) is 3.69. The van der Waals surface area contributed by atoms with Gasteiger partial charge in [0.2, 0.25) is 0 Å². The topological polar surface area (TPSA) is 94.2 Å². The number of rotatable bonds is 6. The van der Waals surface area contributed by atoms with Gasteiger partial charge in [-0.25, -0.2) is 0 Å². The second kappa shape index (κ2) is 8.16. The third-order valence-corrected chi connectivity index (χ3v) is 5.30. The van der Waals surface area contributed by atoms with Crippen molar-refractivity contribution in [3.63, 3.8) is 0 Å². The Morgan fingerprint density at radius 2 is 1.90 bits per heavy atom. The molecule has 2 aliphatic rings. The van der Waals surface area contributed by atoms with Gasteiger partial charge >= 0.3 is 0 Å². The summed E-state index contributed by atoms with van der Waals surface area (Å²) in [7, 11) is 3.03. The van der Waals surface area contributed by atoms with Crippen molar-refractivity contribution in [2.45, 2.75) is 18.9 Å². The van der Waals surface area contributed by atoms with Gasteiger partial charge in [-0.3, -0.25) is 19.3 Å². The summed E-state index contributed by atoms with van der Waals surface area (Å²) in [6.07, 6.45) is 1.62. The van der Waals surface area contributed by atoms with Gasteiger partial charge in [0.1, 0.15) is 11.5 Å². The van der Waals surface area contributed by atoms with Crippen molar-refractivity contribution in [3.05, 3.63) is 53.1 Å². The Morgan fingerprint density at radius 1 is 1.10 bits per heavy atom. The maximum Gasteiger partial charge on any atom is 0.261 e. The van der Waals surface area contributed by atoms with E-state index in [9.17, 15) is 14.4 Å². The zero-order valence-corrected chi connectivity index (χ0v) is 16.8. The van der Waals surface area contributed by atoms with Crippen molar-refractivity contribution < 1.29 is 28.6 Å². The van der Waals surface area contributed by atoms with Gasteiger partial charge in [-0.2, -0.15) is 0 Å². The number of hydrogen-bond donors (Lipinski definition) is 1. The fourth-order valence-corrected chi connectivity index (χ4v) is 3.69. The van der Waals surface area contributed by atoms with Crippen molar-refractivity contribution in [2.24, 2.45) is 0 Å². The summed E-state index contributed by atoms with van der Waals surface area (Å²) in [6.45, 7) is 0.879. The van der Waals surface area contributed by atoms with Crippen LogP contribution in [-0.2, 0) is 4.74 Å². The number of ether oxygens (including phenoxy) is 3. The summed E-state index contributed by atoms with van der Waals surface area (Å²) < 4.78 is 16.0. The molecule has 0 aliphatic carbocycles. The van der Waals surface area contributed by atoms with Crippen LogP contribution >= 0.6 is 0 Å². The standard InChI is InChI=1S/C22H22N2O6/c1-28-14-6-8-18(19(11-14)29-2)23-20(25)13-5-7-16-17(10-13)22(27)24(21(16)26)12-15-4-3-9-30-15/h5-8,10-11,15H,3-4,9,12H2,1-2H3,(H,23,25)/t15-/m1/s1. The highest BCUT2D eigenvalue weighted by Gasteiger charge is 2.38. The molecule has 0 saturated carbocycles. The molecule has 2 aromatic rings. The van der Waals surface area contributed by atoms with Gasteiger partial charge < -0.3 is 19.5 Å². The number of imide groups is 1. The van der Waals surface area contributed by atoms with Crippen LogP contribution in [0, 0.1) is 0 Å². The van der Waals surface area contributed by atoms with Crippen molar-refractivity contribution in [2.75, 3.05) is 32.7 Å². The summed E-state index contributed by atoms with van der Waals surface area (Å²) >= 11 is 0. The number of methoxy groups -OCH3 is 2. The summed E-state index contributed by atoms with van der Waals surface area (Å²) in [4.78, 5) is 39.4. The first-order valence-electron chi connectivity index (χ1n) is 9.67. The maximum absolute atomic E-state index is 12.8. The number of amides is 3. The predicted molar refractivity (Wildman–Crippen MR) is 108 cm³/mol. The van der Waals surface area contributed by atoms with Crippen molar-refractivity contribution in [3.8, 4) is 11.5 Å². The Bertz CT molecular complexity index is 1010. The van der Waals surface area contributed by atoms with Crippen LogP contribution in [0.15, 0.2) is 36.4 Å². The zero-order chi connectivity index (χ0) is 21.3. The predicted octanol–water partition coefficient (Wildman–Crippen LogP) is 2.73. The lowest BCUT2D eigenvalue weighted by Gasteiger charge is -2.17. The minimum Gasteiger partial charge on any atom is -0.497 e. The summed E-state index contributed by atoms with van der Waals surface area (Å²) in [5, 5.41) is 2.77. The molecule has 4 rings (SSSR count). The number of nitrogens with one attached hydrogen (secondary N) is 1. The van der Waals surface area contributed by atoms with Crippen LogP contribution in [0.25, 0.3) is 0 Å². The van der Waals surface area contributed by atoms with Gasteiger partial charge in [0, 0.05) is 18.2 Å². The molecule has 2 aliphatic heterocycles. The van der Waals surface area contributed by atoms with E-state index in [1.807, 2.05) is 0 Å². The smallest absolute Gasteiger partial charge is 0.261 e. The molecule has 8 heteroatoms. The van der Waals surface area contributed by atoms with Crippen LogP contribution in [0.2, 0.25) is 0 Å². The van der Waals surface area contributed by atoms with E-state index in [-0.39, 0.29) is 29.7 Å². The van der Waals surface area contributed by atoms with Crippen LogP contribution in [0.5, 0.6) is 11.5 Å². The van der Waals surface area contributed by atoms with Crippen LogP contribution in [0.4, 0.5) is 5.69 Å². The third-order valence-electron chi connectivity index (χ3n) is 5.30. The molecule has 0 radical (unpaired) electrons. The third kappa shape index (κ3) is 3.61. The molecule has 0 spiro atoms. The highest BCUT2D eigenvalue weighted by molar-refractivity contribution is 6.22. The summed E-state index contributed by atoms with van der Waals surface area (Å²) in [5.41, 5.74) is 1.27. The molecule has 2 aromatic carbocycles. The highest BCUT2D eigenvalue weighted by Crippen LogP contribution is 2.30. The summed E-state index contributed by atoms with van der Waals surface area (Å²) in [5.74, 6) is -0.133. The van der Waals surface area contributed by atoms with E-state index < -0.39 is 11.8 Å². The van der Waals surface area contributed by atoms with Crippen molar-refractivity contribution >= 4 is 23.4 Å². The number of nitrogens with zero attached hydrogens (tertiary/aromatic N) is 1. The van der Waals surface area contributed by atoms with E-state index >= 15 is 0 Å². The largest absolute Gasteiger partial charge is 0.497 e. The molecule has 0 bridgehead atoms. The second-order valence-corrected chi connectivity index (χ2v) is 7.14. The van der Waals surface area contributed by atoms with Crippen LogP contribution < -0.4 is 14.8 Å². The van der Waals surface area contributed by atoms with E-state index in [2.05, 4.69) is 5.32 Å². The average molecular weight is 410 g/mol. The number of carbonyl (C=O) groups is 3. The lowest BCUT2D eigenvalue weighted by atomic mass is 10.1. The molecule has 3 amide bonds. The number of fused-ring (bicyclic) bond motifs is 1. The molecule has 0 unspecified atom stereocenters. The Labute approximate surface area is 173 Å². The Kier molecular flexibility index (Phi) is 5.41. The first kappa shape index (κ1) is 19.9. The molecular weight excluding hydrogens is 388 g/mol. The van der Waals surface area contributed by atoms with Gasteiger partial charge in [0.15, 0.2) is 0 Å². The maximum atomic E-state index is 12.8. The SMILES string of the molecule is COc1ccc(NC(=O)c2ccc3c(c2)C(=O)N(C[C@H]2CCCO2)C3=O)c(OC)c1. The average Bonchev–Trinajstić information content (AvgIpc) is 3.36. The van der Waals surface area contributed by atoms with Crippen molar-refractivity contribution in [1.29, 1.82) is 0 Å². The molecule has 1 atom stereocenters. The van der Waals surface area contributed by atoms with Crippen molar-refractivity contribution in [1.82, 2.24) is 4.90 Å². The molecule has 8 nitrogen and oxygen atoms in total. The molecule has 156 valence electrons. The van der Waals surface area contributed by atoms with Crippen LogP contribution in [-0.4, -0.2) is 56.1 Å². The first-order chi connectivity index (χ1) is 14.5. The molecule has 2 heterocycles. The first-order valence-corrected chi connectivity index (χ1v) is 9.67.